The third-order valence-corrected chi connectivity index (χ3v) is 5.58. The van der Waals surface area contributed by atoms with Crippen LogP contribution in [0.25, 0.3) is 0 Å². The van der Waals surface area contributed by atoms with Gasteiger partial charge in [-0.25, -0.2) is 0 Å². The largest absolute Gasteiger partial charge is 0.375 e. The van der Waals surface area contributed by atoms with Crippen LogP contribution in [0.2, 0.25) is 0 Å². The molecule has 0 bridgehead atoms. The summed E-state index contributed by atoms with van der Waals surface area (Å²) in [6, 6.07) is 10.8. The molecule has 1 aromatic carbocycles. The molecule has 0 aromatic heterocycles. The highest BCUT2D eigenvalue weighted by atomic mass is 127. The molecule has 1 aromatic rings. The lowest BCUT2D eigenvalue weighted by Gasteiger charge is -2.38. The SMILES string of the molecule is CN=C(NCC(C)(C)NC(C)c1ccccc1)N1CCOC(C2CCCO2)C1.I. The van der Waals surface area contributed by atoms with Crippen LogP contribution in [0.4, 0.5) is 0 Å². The predicted octanol–water partition coefficient (Wildman–Crippen LogP) is 3.19. The summed E-state index contributed by atoms with van der Waals surface area (Å²) in [6.45, 7) is 10.7. The van der Waals surface area contributed by atoms with Gasteiger partial charge in [-0.1, -0.05) is 30.3 Å². The van der Waals surface area contributed by atoms with Gasteiger partial charge in [-0.05, 0) is 39.2 Å². The van der Waals surface area contributed by atoms with Crippen molar-refractivity contribution in [2.24, 2.45) is 4.99 Å². The lowest BCUT2D eigenvalue weighted by molar-refractivity contribution is -0.0817. The van der Waals surface area contributed by atoms with Crippen molar-refractivity contribution in [2.45, 2.75) is 57.4 Å². The van der Waals surface area contributed by atoms with Crippen molar-refractivity contribution in [1.82, 2.24) is 15.5 Å². The molecule has 164 valence electrons. The Morgan fingerprint density at radius 2 is 1.93 bits per heavy atom. The second-order valence-electron chi connectivity index (χ2n) is 8.47. The van der Waals surface area contributed by atoms with Gasteiger partial charge in [0.15, 0.2) is 5.96 Å². The predicted molar refractivity (Wildman–Crippen MR) is 129 cm³/mol. The average Bonchev–Trinajstić information content (AvgIpc) is 3.24. The summed E-state index contributed by atoms with van der Waals surface area (Å²) in [5.74, 6) is 0.938. The summed E-state index contributed by atoms with van der Waals surface area (Å²) < 4.78 is 11.8. The minimum absolute atomic E-state index is 0. The van der Waals surface area contributed by atoms with Gasteiger partial charge in [-0.3, -0.25) is 4.99 Å². The number of hydrogen-bond acceptors (Lipinski definition) is 4. The van der Waals surface area contributed by atoms with Gasteiger partial charge in [-0.2, -0.15) is 0 Å². The monoisotopic (exact) mass is 516 g/mol. The minimum atomic E-state index is -0.0779. The Bertz CT molecular complexity index is 635. The van der Waals surface area contributed by atoms with Crippen LogP contribution >= 0.6 is 24.0 Å². The molecular formula is C22H37IN4O2. The van der Waals surface area contributed by atoms with Gasteiger partial charge in [0.1, 0.15) is 6.10 Å². The highest BCUT2D eigenvalue weighted by Crippen LogP contribution is 2.21. The first-order chi connectivity index (χ1) is 13.5. The Kier molecular flexibility index (Phi) is 9.65. The summed E-state index contributed by atoms with van der Waals surface area (Å²) in [6.07, 6.45) is 2.60. The number of nitrogens with zero attached hydrogens (tertiary/aromatic N) is 2. The number of benzene rings is 1. The van der Waals surface area contributed by atoms with Crippen LogP contribution in [-0.2, 0) is 9.47 Å². The molecule has 0 radical (unpaired) electrons. The molecule has 2 aliphatic heterocycles. The lowest BCUT2D eigenvalue weighted by atomic mass is 10.0. The first kappa shape index (κ1) is 24.4. The molecule has 0 aliphatic carbocycles. The summed E-state index contributed by atoms with van der Waals surface area (Å²) >= 11 is 0. The van der Waals surface area contributed by atoms with Crippen LogP contribution in [0.1, 0.15) is 45.2 Å². The number of aliphatic imine (C=N–C) groups is 1. The highest BCUT2D eigenvalue weighted by molar-refractivity contribution is 14.0. The summed E-state index contributed by atoms with van der Waals surface area (Å²) in [5.41, 5.74) is 1.22. The van der Waals surface area contributed by atoms with Crippen molar-refractivity contribution >= 4 is 29.9 Å². The number of rotatable bonds is 6. The normalized spacial score (nSPS) is 24.1. The number of halogens is 1. The second kappa shape index (κ2) is 11.5. The number of nitrogens with one attached hydrogen (secondary N) is 2. The molecule has 7 heteroatoms. The van der Waals surface area contributed by atoms with E-state index in [0.717, 1.165) is 51.6 Å². The fourth-order valence-corrected chi connectivity index (χ4v) is 4.08. The van der Waals surface area contributed by atoms with Crippen molar-refractivity contribution < 1.29 is 9.47 Å². The van der Waals surface area contributed by atoms with Gasteiger partial charge in [-0.15, -0.1) is 24.0 Å². The van der Waals surface area contributed by atoms with Gasteiger partial charge in [0.2, 0.25) is 0 Å². The van der Waals surface area contributed by atoms with Crippen molar-refractivity contribution in [2.75, 3.05) is 39.9 Å². The first-order valence-corrected chi connectivity index (χ1v) is 10.5. The van der Waals surface area contributed by atoms with Crippen LogP contribution in [-0.4, -0.2) is 68.5 Å². The molecule has 2 heterocycles. The maximum atomic E-state index is 5.97. The van der Waals surface area contributed by atoms with Crippen LogP contribution in [0.5, 0.6) is 0 Å². The topological polar surface area (TPSA) is 58.1 Å². The Hall–Kier alpha value is -0.900. The molecule has 3 rings (SSSR count). The molecule has 2 aliphatic rings. The quantitative estimate of drug-likeness (QED) is 0.346. The molecule has 0 saturated carbocycles. The van der Waals surface area contributed by atoms with Crippen molar-refractivity contribution in [3.8, 4) is 0 Å². The van der Waals surface area contributed by atoms with Crippen LogP contribution in [0.15, 0.2) is 35.3 Å². The Balaban J connectivity index is 0.00000300. The zero-order valence-corrected chi connectivity index (χ0v) is 20.5. The van der Waals surface area contributed by atoms with Gasteiger partial charge in [0.25, 0.3) is 0 Å². The van der Waals surface area contributed by atoms with E-state index in [0.29, 0.717) is 0 Å². The van der Waals surface area contributed by atoms with Gasteiger partial charge in [0.05, 0.1) is 12.7 Å². The number of ether oxygens (including phenoxy) is 2. The summed E-state index contributed by atoms with van der Waals surface area (Å²) in [7, 11) is 1.85. The Morgan fingerprint density at radius 3 is 2.59 bits per heavy atom. The molecule has 6 nitrogen and oxygen atoms in total. The van der Waals surface area contributed by atoms with E-state index in [1.807, 2.05) is 7.05 Å². The van der Waals surface area contributed by atoms with E-state index >= 15 is 0 Å². The summed E-state index contributed by atoms with van der Waals surface area (Å²) in [4.78, 5) is 6.82. The third kappa shape index (κ3) is 7.08. The zero-order chi connectivity index (χ0) is 20.0. The molecule has 0 amide bonds. The molecular weight excluding hydrogens is 479 g/mol. The van der Waals surface area contributed by atoms with E-state index in [9.17, 15) is 0 Å². The molecule has 2 N–H and O–H groups in total. The zero-order valence-electron chi connectivity index (χ0n) is 18.2. The fourth-order valence-electron chi connectivity index (χ4n) is 4.08. The number of hydrogen-bond donors (Lipinski definition) is 2. The van der Waals surface area contributed by atoms with Crippen LogP contribution in [0, 0.1) is 0 Å². The highest BCUT2D eigenvalue weighted by Gasteiger charge is 2.32. The minimum Gasteiger partial charge on any atom is -0.375 e. The molecule has 0 spiro atoms. The number of morpholine rings is 1. The molecule has 3 atom stereocenters. The standard InChI is InChI=1S/C22H36N4O2.HI/c1-17(18-9-6-5-7-10-18)25-22(2,3)16-24-21(23-4)26-12-14-28-20(15-26)19-11-8-13-27-19;/h5-7,9-10,17,19-20,25H,8,11-16H2,1-4H3,(H,23,24);1H. The van der Waals surface area contributed by atoms with E-state index in [-0.39, 0.29) is 47.8 Å². The van der Waals surface area contributed by atoms with Crippen molar-refractivity contribution in [1.29, 1.82) is 0 Å². The smallest absolute Gasteiger partial charge is 0.193 e. The first-order valence-electron chi connectivity index (χ1n) is 10.5. The van der Waals surface area contributed by atoms with Gasteiger partial charge in [0, 0.05) is 44.9 Å². The van der Waals surface area contributed by atoms with E-state index in [2.05, 4.69) is 71.6 Å². The Morgan fingerprint density at radius 1 is 1.21 bits per heavy atom. The van der Waals surface area contributed by atoms with Crippen molar-refractivity contribution in [3.05, 3.63) is 35.9 Å². The van der Waals surface area contributed by atoms with E-state index in [1.165, 1.54) is 5.56 Å². The maximum absolute atomic E-state index is 5.97. The lowest BCUT2D eigenvalue weighted by Crippen LogP contribution is -2.56. The molecule has 2 saturated heterocycles. The van der Waals surface area contributed by atoms with E-state index in [4.69, 9.17) is 9.47 Å². The van der Waals surface area contributed by atoms with Crippen LogP contribution in [0.3, 0.4) is 0 Å². The average molecular weight is 516 g/mol. The second-order valence-corrected chi connectivity index (χ2v) is 8.47. The number of guanidine groups is 1. The molecule has 2 fully saturated rings. The Labute approximate surface area is 192 Å². The summed E-state index contributed by atoms with van der Waals surface area (Å²) in [5, 5.41) is 7.29. The van der Waals surface area contributed by atoms with E-state index < -0.39 is 0 Å². The molecule has 3 unspecified atom stereocenters. The maximum Gasteiger partial charge on any atom is 0.193 e. The van der Waals surface area contributed by atoms with Gasteiger partial charge >= 0.3 is 0 Å². The molecule has 29 heavy (non-hydrogen) atoms. The fraction of sp³-hybridized carbons (Fsp3) is 0.682. The van der Waals surface area contributed by atoms with Gasteiger partial charge < -0.3 is 25.0 Å². The van der Waals surface area contributed by atoms with E-state index in [1.54, 1.807) is 0 Å². The third-order valence-electron chi connectivity index (χ3n) is 5.58. The van der Waals surface area contributed by atoms with Crippen molar-refractivity contribution in [3.63, 3.8) is 0 Å². The van der Waals surface area contributed by atoms with Crippen LogP contribution < -0.4 is 10.6 Å².